The van der Waals surface area contributed by atoms with E-state index in [-0.39, 0.29) is 18.5 Å². The summed E-state index contributed by atoms with van der Waals surface area (Å²) in [6, 6.07) is -0.553. The zero-order valence-electron chi connectivity index (χ0n) is 44.2. The van der Waals surface area contributed by atoms with Crippen LogP contribution in [0.4, 0.5) is 0 Å². The van der Waals surface area contributed by atoms with Gasteiger partial charge in [0.25, 0.3) is 0 Å². The Labute approximate surface area is 411 Å². The van der Waals surface area contributed by atoms with Gasteiger partial charge in [0.15, 0.2) is 0 Å². The number of aliphatic hydroxyl groups excluding tert-OH is 2. The molecule has 0 heterocycles. The molecule has 2 atom stereocenters. The number of carbonyl (C=O) groups is 2. The highest BCUT2D eigenvalue weighted by Gasteiger charge is 2.20. The molecule has 0 aliphatic carbocycles. The van der Waals surface area contributed by atoms with Gasteiger partial charge in [-0.3, -0.25) is 9.59 Å². The Kier molecular flexibility index (Phi) is 54.1. The van der Waals surface area contributed by atoms with Crippen molar-refractivity contribution in [2.45, 2.75) is 321 Å². The lowest BCUT2D eigenvalue weighted by molar-refractivity contribution is -0.143. The maximum Gasteiger partial charge on any atom is 0.305 e. The molecule has 0 aliphatic rings. The van der Waals surface area contributed by atoms with Crippen molar-refractivity contribution < 1.29 is 24.5 Å². The minimum atomic E-state index is -0.674. The van der Waals surface area contributed by atoms with Crippen molar-refractivity contribution in [2.75, 3.05) is 13.2 Å². The molecule has 0 radical (unpaired) electrons. The van der Waals surface area contributed by atoms with Crippen LogP contribution in [0.1, 0.15) is 309 Å². The van der Waals surface area contributed by atoms with Crippen molar-refractivity contribution in [3.63, 3.8) is 0 Å². The van der Waals surface area contributed by atoms with Crippen LogP contribution in [0.5, 0.6) is 0 Å². The lowest BCUT2D eigenvalue weighted by Crippen LogP contribution is -2.45. The van der Waals surface area contributed by atoms with Crippen LogP contribution in [0.2, 0.25) is 0 Å². The first-order valence-electron chi connectivity index (χ1n) is 29.2. The molecule has 0 saturated heterocycles. The number of ether oxygens (including phenoxy) is 1. The fourth-order valence-electron chi connectivity index (χ4n) is 8.91. The van der Waals surface area contributed by atoms with Crippen LogP contribution in [0.25, 0.3) is 0 Å². The minimum absolute atomic E-state index is 0.0124. The first-order valence-corrected chi connectivity index (χ1v) is 29.2. The number of aliphatic hydroxyl groups is 2. The second-order valence-corrected chi connectivity index (χ2v) is 20.0. The predicted octanol–water partition coefficient (Wildman–Crippen LogP) is 18.0. The molecule has 0 aromatic carbocycles. The van der Waals surface area contributed by atoms with Crippen LogP contribution in [-0.4, -0.2) is 47.4 Å². The number of unbranched alkanes of at least 4 members (excludes halogenated alkanes) is 37. The Hall–Kier alpha value is -1.92. The Bertz CT molecular complexity index is 1070. The molecule has 66 heavy (non-hydrogen) atoms. The number of allylic oxidation sites excluding steroid dienone is 6. The number of carbonyl (C=O) groups excluding carboxylic acids is 2. The van der Waals surface area contributed by atoms with E-state index in [1.165, 1.54) is 205 Å². The molecule has 6 heteroatoms. The molecule has 388 valence electrons. The summed E-state index contributed by atoms with van der Waals surface area (Å²) in [5.41, 5.74) is 0. The van der Waals surface area contributed by atoms with Gasteiger partial charge in [-0.05, 0) is 77.0 Å². The lowest BCUT2D eigenvalue weighted by atomic mass is 10.0. The number of rotatable bonds is 54. The van der Waals surface area contributed by atoms with Gasteiger partial charge < -0.3 is 20.3 Å². The summed E-state index contributed by atoms with van der Waals surface area (Å²) >= 11 is 0. The van der Waals surface area contributed by atoms with Gasteiger partial charge in [-0.1, -0.05) is 256 Å². The van der Waals surface area contributed by atoms with Crippen molar-refractivity contribution in [3.05, 3.63) is 36.5 Å². The summed E-state index contributed by atoms with van der Waals surface area (Å²) in [5.74, 6) is -0.0605. The SMILES string of the molecule is CCC/C=C\C/C=C\CCCCCCCC(=O)OCCCCCCCCCCC/C=C\CCCCCCCC(=O)NC(CO)C(O)CCCCCCCCCCCCCCCCCCCC. The number of amides is 1. The van der Waals surface area contributed by atoms with Crippen molar-refractivity contribution in [1.29, 1.82) is 0 Å². The summed E-state index contributed by atoms with van der Waals surface area (Å²) < 4.78 is 5.46. The third-order valence-electron chi connectivity index (χ3n) is 13.4. The summed E-state index contributed by atoms with van der Waals surface area (Å²) in [5, 5.41) is 23.3. The van der Waals surface area contributed by atoms with Crippen LogP contribution in [0.15, 0.2) is 36.5 Å². The molecule has 0 fully saturated rings. The van der Waals surface area contributed by atoms with Gasteiger partial charge in [0, 0.05) is 12.8 Å². The lowest BCUT2D eigenvalue weighted by Gasteiger charge is -2.22. The smallest absolute Gasteiger partial charge is 0.305 e. The Balaban J connectivity index is 3.46. The standard InChI is InChI=1S/C60H113NO5/c1-3-5-7-9-11-13-15-17-18-19-22-25-29-32-36-40-44-48-52-58(63)57(56-62)61-59(64)53-49-45-41-37-33-30-26-23-20-21-24-27-31-35-39-43-47-51-55-66-60(65)54-50-46-42-38-34-28-16-14-12-10-8-6-4-2/h8,10,14,16,23,26,57-58,62-63H,3-7,9,11-13,15,17-22,24-25,27-56H2,1-2H3,(H,61,64)/b10-8-,16-14-,26-23-. The summed E-state index contributed by atoms with van der Waals surface area (Å²) in [7, 11) is 0. The predicted molar refractivity (Wildman–Crippen MR) is 287 cm³/mol. The van der Waals surface area contributed by atoms with Gasteiger partial charge in [-0.15, -0.1) is 0 Å². The van der Waals surface area contributed by atoms with Crippen molar-refractivity contribution in [1.82, 2.24) is 5.32 Å². The van der Waals surface area contributed by atoms with Crippen molar-refractivity contribution in [2.24, 2.45) is 0 Å². The molecule has 0 aliphatic heterocycles. The van der Waals surface area contributed by atoms with E-state index < -0.39 is 12.1 Å². The second kappa shape index (κ2) is 55.7. The number of nitrogens with one attached hydrogen (secondary N) is 1. The van der Waals surface area contributed by atoms with E-state index in [1.807, 2.05) is 0 Å². The van der Waals surface area contributed by atoms with E-state index in [1.54, 1.807) is 0 Å². The zero-order chi connectivity index (χ0) is 47.9. The number of hydrogen-bond donors (Lipinski definition) is 3. The molecule has 2 unspecified atom stereocenters. The fourth-order valence-corrected chi connectivity index (χ4v) is 8.91. The van der Waals surface area contributed by atoms with E-state index >= 15 is 0 Å². The van der Waals surface area contributed by atoms with Gasteiger partial charge >= 0.3 is 5.97 Å². The molecule has 3 N–H and O–H groups in total. The van der Waals surface area contributed by atoms with Crippen LogP contribution in [-0.2, 0) is 14.3 Å². The van der Waals surface area contributed by atoms with Crippen LogP contribution < -0.4 is 5.32 Å². The average molecular weight is 929 g/mol. The highest BCUT2D eigenvalue weighted by atomic mass is 16.5. The van der Waals surface area contributed by atoms with Gasteiger partial charge in [0.2, 0.25) is 5.91 Å². The van der Waals surface area contributed by atoms with Crippen molar-refractivity contribution >= 4 is 11.9 Å². The normalized spacial score (nSPS) is 12.8. The zero-order valence-corrected chi connectivity index (χ0v) is 44.2. The van der Waals surface area contributed by atoms with Gasteiger partial charge in [0.05, 0.1) is 25.4 Å². The molecule has 0 spiro atoms. The van der Waals surface area contributed by atoms with Crippen LogP contribution in [0.3, 0.4) is 0 Å². The highest BCUT2D eigenvalue weighted by Crippen LogP contribution is 2.17. The molecule has 1 amide bonds. The maximum atomic E-state index is 12.5. The first kappa shape index (κ1) is 64.1. The highest BCUT2D eigenvalue weighted by molar-refractivity contribution is 5.76. The van der Waals surface area contributed by atoms with Gasteiger partial charge in [-0.2, -0.15) is 0 Å². The third-order valence-corrected chi connectivity index (χ3v) is 13.4. The number of hydrogen-bond acceptors (Lipinski definition) is 5. The van der Waals surface area contributed by atoms with Crippen molar-refractivity contribution in [3.8, 4) is 0 Å². The largest absolute Gasteiger partial charge is 0.466 e. The Morgan fingerprint density at radius 3 is 1.23 bits per heavy atom. The minimum Gasteiger partial charge on any atom is -0.466 e. The topological polar surface area (TPSA) is 95.9 Å². The average Bonchev–Trinajstić information content (AvgIpc) is 3.32. The maximum absolute atomic E-state index is 12.5. The molecular weight excluding hydrogens is 815 g/mol. The first-order chi connectivity index (χ1) is 32.5. The molecule has 6 nitrogen and oxygen atoms in total. The number of esters is 1. The van der Waals surface area contributed by atoms with E-state index in [2.05, 4.69) is 55.6 Å². The van der Waals surface area contributed by atoms with E-state index in [0.29, 0.717) is 25.9 Å². The molecule has 0 aromatic heterocycles. The van der Waals surface area contributed by atoms with E-state index in [0.717, 1.165) is 70.6 Å². The quantitative estimate of drug-likeness (QED) is 0.0321. The summed E-state index contributed by atoms with van der Waals surface area (Å²) in [4.78, 5) is 24.5. The molecule has 0 bridgehead atoms. The van der Waals surface area contributed by atoms with Gasteiger partial charge in [0.1, 0.15) is 0 Å². The third kappa shape index (κ3) is 51.5. The fraction of sp³-hybridized carbons (Fsp3) is 0.867. The van der Waals surface area contributed by atoms with Gasteiger partial charge in [-0.25, -0.2) is 0 Å². The van der Waals surface area contributed by atoms with Crippen LogP contribution in [0, 0.1) is 0 Å². The summed E-state index contributed by atoms with van der Waals surface area (Å²) in [6.45, 7) is 4.88. The van der Waals surface area contributed by atoms with E-state index in [9.17, 15) is 19.8 Å². The van der Waals surface area contributed by atoms with Crippen LogP contribution >= 0.6 is 0 Å². The van der Waals surface area contributed by atoms with E-state index in [4.69, 9.17) is 4.74 Å². The molecule has 0 saturated carbocycles. The molecular formula is C60H113NO5. The Morgan fingerprint density at radius 2 is 0.788 bits per heavy atom. The summed E-state index contributed by atoms with van der Waals surface area (Å²) in [6.07, 6.45) is 68.5. The second-order valence-electron chi connectivity index (χ2n) is 20.0. The Morgan fingerprint density at radius 1 is 0.424 bits per heavy atom. The molecule has 0 rings (SSSR count). The monoisotopic (exact) mass is 928 g/mol. The molecule has 0 aromatic rings.